The van der Waals surface area contributed by atoms with Gasteiger partial charge in [0.25, 0.3) is 0 Å². The highest BCUT2D eigenvalue weighted by Crippen LogP contribution is 2.40. The smallest absolute Gasteiger partial charge is 0.340 e. The number of hydrogen-bond donors (Lipinski definition) is 1. The van der Waals surface area contributed by atoms with Gasteiger partial charge in [0.05, 0.1) is 31.2 Å². The molecule has 0 saturated carbocycles. The van der Waals surface area contributed by atoms with Crippen LogP contribution in [0.5, 0.6) is 5.75 Å². The quantitative estimate of drug-likeness (QED) is 0.575. The van der Waals surface area contributed by atoms with Crippen LogP contribution in [0.25, 0.3) is 0 Å². The van der Waals surface area contributed by atoms with Gasteiger partial charge in [-0.2, -0.15) is 0 Å². The Morgan fingerprint density at radius 2 is 1.94 bits per heavy atom. The highest BCUT2D eigenvalue weighted by Gasteiger charge is 2.30. The van der Waals surface area contributed by atoms with E-state index < -0.39 is 0 Å². The first-order valence-electron chi connectivity index (χ1n) is 10.3. The summed E-state index contributed by atoms with van der Waals surface area (Å²) in [5.41, 5.74) is 5.73. The monoisotopic (exact) mass is 417 g/mol. The van der Waals surface area contributed by atoms with E-state index in [1.54, 1.807) is 18.5 Å². The molecule has 2 heterocycles. The third-order valence-corrected chi connectivity index (χ3v) is 5.84. The van der Waals surface area contributed by atoms with Gasteiger partial charge in [0.1, 0.15) is 5.75 Å². The molecule has 2 aromatic carbocycles. The number of ether oxygens (including phenoxy) is 2. The van der Waals surface area contributed by atoms with E-state index in [-0.39, 0.29) is 17.9 Å². The number of carbonyl (C=O) groups is 1. The van der Waals surface area contributed by atoms with Crippen molar-refractivity contribution in [3.8, 4) is 5.75 Å². The van der Waals surface area contributed by atoms with Crippen molar-refractivity contribution in [3.63, 3.8) is 0 Å². The molecule has 0 fully saturated rings. The number of nitrogens with zero attached hydrogens (tertiary/aromatic N) is 2. The van der Waals surface area contributed by atoms with Crippen molar-refractivity contribution in [2.45, 2.75) is 25.8 Å². The maximum atomic E-state index is 12.1. The number of fused-ring (bicyclic) bond motifs is 1. The standard InChI is InChI=1S/C25H27N3O3/c1-16-5-7-18(8-6-16)28(3)19-9-10-20-22(15-31-24(20)13-19)17(2)27-23-14-26-12-11-21(23)25(29)30-4/h5-14,17,22,27H,15H2,1-4H3/t17-,22?/m0/s1. The molecule has 0 saturated heterocycles. The van der Waals surface area contributed by atoms with E-state index in [0.29, 0.717) is 17.9 Å². The minimum Gasteiger partial charge on any atom is -0.492 e. The van der Waals surface area contributed by atoms with E-state index in [1.165, 1.54) is 12.7 Å². The van der Waals surface area contributed by atoms with Crippen LogP contribution in [-0.4, -0.2) is 37.8 Å². The lowest BCUT2D eigenvalue weighted by atomic mass is 9.93. The van der Waals surface area contributed by atoms with E-state index in [9.17, 15) is 4.79 Å². The van der Waals surface area contributed by atoms with Gasteiger partial charge in [-0.25, -0.2) is 4.79 Å². The zero-order valence-electron chi connectivity index (χ0n) is 18.3. The molecule has 6 nitrogen and oxygen atoms in total. The molecule has 2 atom stereocenters. The van der Waals surface area contributed by atoms with Gasteiger partial charge < -0.3 is 19.7 Å². The number of esters is 1. The Hall–Kier alpha value is -3.54. The lowest BCUT2D eigenvalue weighted by Crippen LogP contribution is -2.26. The number of anilines is 3. The average molecular weight is 418 g/mol. The van der Waals surface area contributed by atoms with Gasteiger partial charge in [-0.1, -0.05) is 23.8 Å². The van der Waals surface area contributed by atoms with Crippen LogP contribution in [0.15, 0.2) is 60.9 Å². The second-order valence-electron chi connectivity index (χ2n) is 7.88. The van der Waals surface area contributed by atoms with Gasteiger partial charge in [-0.15, -0.1) is 0 Å². The zero-order chi connectivity index (χ0) is 22.0. The Kier molecular flexibility index (Phi) is 5.80. The first-order chi connectivity index (χ1) is 15.0. The number of rotatable bonds is 6. The van der Waals surface area contributed by atoms with Crippen LogP contribution in [0.1, 0.15) is 34.3 Å². The zero-order valence-corrected chi connectivity index (χ0v) is 18.3. The van der Waals surface area contributed by atoms with Crippen LogP contribution in [0, 0.1) is 6.92 Å². The Morgan fingerprint density at radius 3 is 2.68 bits per heavy atom. The fourth-order valence-electron chi connectivity index (χ4n) is 3.91. The molecule has 1 aliphatic heterocycles. The second-order valence-corrected chi connectivity index (χ2v) is 7.88. The topological polar surface area (TPSA) is 63.7 Å². The molecule has 6 heteroatoms. The van der Waals surface area contributed by atoms with Crippen molar-refractivity contribution in [2.24, 2.45) is 0 Å². The molecule has 1 N–H and O–H groups in total. The van der Waals surface area contributed by atoms with Crippen LogP contribution in [0.2, 0.25) is 0 Å². The highest BCUT2D eigenvalue weighted by molar-refractivity contribution is 5.95. The lowest BCUT2D eigenvalue weighted by Gasteiger charge is -2.23. The predicted molar refractivity (Wildman–Crippen MR) is 123 cm³/mol. The summed E-state index contributed by atoms with van der Waals surface area (Å²) in [5, 5.41) is 3.42. The summed E-state index contributed by atoms with van der Waals surface area (Å²) in [6.07, 6.45) is 3.24. The molecule has 0 spiro atoms. The Bertz CT molecular complexity index is 1080. The normalized spacial score (nSPS) is 15.5. The number of carbonyl (C=O) groups excluding carboxylic acids is 1. The Balaban J connectivity index is 1.53. The van der Waals surface area contributed by atoms with Crippen LogP contribution in [0.3, 0.4) is 0 Å². The number of aromatic nitrogens is 1. The van der Waals surface area contributed by atoms with E-state index in [1.807, 2.05) is 0 Å². The largest absolute Gasteiger partial charge is 0.492 e. The highest BCUT2D eigenvalue weighted by atomic mass is 16.5. The molecule has 1 aromatic heterocycles. The molecule has 3 aromatic rings. The minimum absolute atomic E-state index is 0.0366. The summed E-state index contributed by atoms with van der Waals surface area (Å²) < 4.78 is 10.9. The number of aryl methyl sites for hydroxylation is 1. The van der Waals surface area contributed by atoms with Crippen LogP contribution in [0.4, 0.5) is 17.1 Å². The van der Waals surface area contributed by atoms with Gasteiger partial charge in [0.15, 0.2) is 0 Å². The molecular formula is C25H27N3O3. The summed E-state index contributed by atoms with van der Waals surface area (Å²) in [5.74, 6) is 0.665. The average Bonchev–Trinajstić information content (AvgIpc) is 3.22. The number of methoxy groups -OCH3 is 1. The molecule has 160 valence electrons. The van der Waals surface area contributed by atoms with Gasteiger partial charge in [-0.3, -0.25) is 4.98 Å². The van der Waals surface area contributed by atoms with Crippen molar-refractivity contribution in [2.75, 3.05) is 31.0 Å². The lowest BCUT2D eigenvalue weighted by molar-refractivity contribution is 0.0601. The maximum absolute atomic E-state index is 12.1. The third kappa shape index (κ3) is 4.19. The third-order valence-electron chi connectivity index (χ3n) is 5.84. The number of benzene rings is 2. The molecule has 1 aliphatic rings. The van der Waals surface area contributed by atoms with Crippen molar-refractivity contribution in [3.05, 3.63) is 77.6 Å². The molecular weight excluding hydrogens is 390 g/mol. The maximum Gasteiger partial charge on any atom is 0.340 e. The predicted octanol–water partition coefficient (Wildman–Crippen LogP) is 4.92. The van der Waals surface area contributed by atoms with Crippen LogP contribution in [-0.2, 0) is 4.74 Å². The van der Waals surface area contributed by atoms with Crippen molar-refractivity contribution < 1.29 is 14.3 Å². The summed E-state index contributed by atoms with van der Waals surface area (Å²) in [4.78, 5) is 18.3. The Labute approximate surface area is 182 Å². The second kappa shape index (κ2) is 8.68. The van der Waals surface area contributed by atoms with E-state index in [2.05, 4.69) is 78.6 Å². The summed E-state index contributed by atoms with van der Waals surface area (Å²) in [7, 11) is 3.43. The summed E-state index contributed by atoms with van der Waals surface area (Å²) in [6, 6.07) is 16.5. The first-order valence-corrected chi connectivity index (χ1v) is 10.3. The number of nitrogens with one attached hydrogen (secondary N) is 1. The molecule has 31 heavy (non-hydrogen) atoms. The minimum atomic E-state index is -0.385. The summed E-state index contributed by atoms with van der Waals surface area (Å²) in [6.45, 7) is 4.75. The van der Waals surface area contributed by atoms with Crippen molar-refractivity contribution in [1.82, 2.24) is 4.98 Å². The number of pyridine rings is 1. The van der Waals surface area contributed by atoms with Crippen LogP contribution >= 0.6 is 0 Å². The Morgan fingerprint density at radius 1 is 1.19 bits per heavy atom. The fourth-order valence-corrected chi connectivity index (χ4v) is 3.91. The number of hydrogen-bond acceptors (Lipinski definition) is 6. The van der Waals surface area contributed by atoms with Crippen LogP contribution < -0.4 is 15.0 Å². The molecule has 0 aliphatic carbocycles. The van der Waals surface area contributed by atoms with Crippen molar-refractivity contribution in [1.29, 1.82) is 0 Å². The molecule has 4 rings (SSSR count). The molecule has 0 radical (unpaired) electrons. The van der Waals surface area contributed by atoms with Gasteiger partial charge >= 0.3 is 5.97 Å². The van der Waals surface area contributed by atoms with Gasteiger partial charge in [0, 0.05) is 48.2 Å². The fraction of sp³-hybridized carbons (Fsp3) is 0.280. The van der Waals surface area contributed by atoms with Gasteiger partial charge in [0.2, 0.25) is 0 Å². The van der Waals surface area contributed by atoms with E-state index in [0.717, 1.165) is 22.7 Å². The van der Waals surface area contributed by atoms with E-state index in [4.69, 9.17) is 9.47 Å². The van der Waals surface area contributed by atoms with E-state index >= 15 is 0 Å². The molecule has 1 unspecified atom stereocenters. The van der Waals surface area contributed by atoms with Crippen molar-refractivity contribution >= 4 is 23.0 Å². The van der Waals surface area contributed by atoms with Gasteiger partial charge in [-0.05, 0) is 38.1 Å². The SMILES string of the molecule is COC(=O)c1ccncc1N[C@@H](C)C1COc2cc(N(C)c3ccc(C)cc3)ccc21. The summed E-state index contributed by atoms with van der Waals surface area (Å²) >= 11 is 0. The molecule has 0 bridgehead atoms. The molecule has 0 amide bonds. The first kappa shape index (κ1) is 20.7.